The van der Waals surface area contributed by atoms with Crippen molar-refractivity contribution in [1.29, 1.82) is 0 Å². The van der Waals surface area contributed by atoms with Gasteiger partial charge in [0.1, 0.15) is 5.82 Å². The molecule has 40 heavy (non-hydrogen) atoms. The average Bonchev–Trinajstić information content (AvgIpc) is 3.36. The number of hydrogen-bond donors (Lipinski definition) is 2. The normalized spacial score (nSPS) is 16.8. The van der Waals surface area contributed by atoms with Gasteiger partial charge in [0, 0.05) is 50.8 Å². The number of aromatic nitrogens is 2. The van der Waals surface area contributed by atoms with Crippen molar-refractivity contribution in [3.05, 3.63) is 89.4 Å². The van der Waals surface area contributed by atoms with Gasteiger partial charge in [0.2, 0.25) is 0 Å². The molecule has 0 aliphatic carbocycles. The topological polar surface area (TPSA) is 74.7 Å². The molecule has 2 aliphatic heterocycles. The van der Waals surface area contributed by atoms with Crippen LogP contribution in [0.15, 0.2) is 66.9 Å². The predicted molar refractivity (Wildman–Crippen MR) is 156 cm³/mol. The summed E-state index contributed by atoms with van der Waals surface area (Å²) in [5, 5.41) is 9.07. The van der Waals surface area contributed by atoms with Crippen LogP contribution in [0.1, 0.15) is 34.3 Å². The van der Waals surface area contributed by atoms with Gasteiger partial charge in [-0.3, -0.25) is 4.79 Å². The second kappa shape index (κ2) is 11.7. The molecule has 3 aromatic carbocycles. The number of para-hydroxylation sites is 1. The molecule has 2 aliphatic rings. The Morgan fingerprint density at radius 2 is 1.77 bits per heavy atom. The molecule has 2 fully saturated rings. The van der Waals surface area contributed by atoms with Crippen molar-refractivity contribution >= 4 is 28.2 Å². The van der Waals surface area contributed by atoms with E-state index in [1.165, 1.54) is 10.9 Å². The smallest absolute Gasteiger partial charge is 0.273 e. The molecule has 208 valence electrons. The number of carbonyl (C=O) groups is 1. The lowest BCUT2D eigenvalue weighted by Crippen LogP contribution is -2.45. The fourth-order valence-electron chi connectivity index (χ4n) is 5.56. The number of likely N-dealkylation sites (N-methyl/N-ethyl adjacent to an activating group) is 1. The number of rotatable bonds is 7. The molecule has 1 amide bonds. The van der Waals surface area contributed by atoms with Gasteiger partial charge in [-0.2, -0.15) is 9.89 Å². The van der Waals surface area contributed by atoms with Crippen molar-refractivity contribution in [1.82, 2.24) is 14.8 Å². The number of nitrogens with zero attached hydrogens (tertiary/aromatic N) is 4. The Morgan fingerprint density at radius 3 is 2.58 bits per heavy atom. The van der Waals surface area contributed by atoms with Gasteiger partial charge in [-0.25, -0.2) is 9.82 Å². The number of fused-ring (bicyclic) bond motifs is 1. The van der Waals surface area contributed by atoms with Crippen LogP contribution in [0.25, 0.3) is 10.9 Å². The molecule has 0 radical (unpaired) electrons. The first-order valence-electron chi connectivity index (χ1n) is 14.0. The summed E-state index contributed by atoms with van der Waals surface area (Å²) < 4.78 is 19.2. The zero-order chi connectivity index (χ0) is 27.5. The standard InChI is InChI=1S/C31H35FN6O2/c1-36-12-14-37(15-13-36)29-7-3-6-27(30(29)34-26-10-16-40-17-11-26)31(39)35-38-28-9-8-23(19-24(28)21-33-38)18-22-4-2-5-25(32)20-22/h2-9,19-21,26,34H,10-18H2,1H3,(H,35,39). The molecule has 0 spiro atoms. The van der Waals surface area contributed by atoms with Crippen LogP contribution in [0.2, 0.25) is 0 Å². The van der Waals surface area contributed by atoms with E-state index in [4.69, 9.17) is 4.74 Å². The number of nitrogens with one attached hydrogen (secondary N) is 2. The molecule has 1 aromatic heterocycles. The molecule has 2 N–H and O–H groups in total. The molecule has 6 rings (SSSR count). The van der Waals surface area contributed by atoms with Gasteiger partial charge in [-0.1, -0.05) is 24.3 Å². The Labute approximate surface area is 233 Å². The third kappa shape index (κ3) is 5.80. The van der Waals surface area contributed by atoms with Crippen molar-refractivity contribution in [2.45, 2.75) is 25.3 Å². The number of anilines is 2. The number of benzene rings is 3. The van der Waals surface area contributed by atoms with Gasteiger partial charge >= 0.3 is 0 Å². The molecule has 0 atom stereocenters. The second-order valence-corrected chi connectivity index (χ2v) is 10.7. The maximum absolute atomic E-state index is 13.7. The minimum Gasteiger partial charge on any atom is -0.381 e. The summed E-state index contributed by atoms with van der Waals surface area (Å²) >= 11 is 0. The molecule has 9 heteroatoms. The van der Waals surface area contributed by atoms with Crippen LogP contribution in [0.3, 0.4) is 0 Å². The summed E-state index contributed by atoms with van der Waals surface area (Å²) in [4.78, 5) is 20.0. The average molecular weight is 543 g/mol. The monoisotopic (exact) mass is 542 g/mol. The van der Waals surface area contributed by atoms with Crippen molar-refractivity contribution < 1.29 is 13.9 Å². The first-order valence-corrected chi connectivity index (χ1v) is 14.0. The molecule has 0 saturated carbocycles. The Kier molecular flexibility index (Phi) is 7.66. The Hall–Kier alpha value is -3.95. The molecule has 0 bridgehead atoms. The minimum absolute atomic E-state index is 0.223. The van der Waals surface area contributed by atoms with E-state index >= 15 is 0 Å². The highest BCUT2D eigenvalue weighted by atomic mass is 19.1. The summed E-state index contributed by atoms with van der Waals surface area (Å²) in [7, 11) is 2.14. The SMILES string of the molecule is CN1CCN(c2cccc(C(=O)Nn3ncc4cc(Cc5cccc(F)c5)ccc43)c2NC2CCOCC2)CC1. The van der Waals surface area contributed by atoms with E-state index in [0.29, 0.717) is 12.0 Å². The van der Waals surface area contributed by atoms with E-state index in [1.807, 2.05) is 36.4 Å². The van der Waals surface area contributed by atoms with E-state index in [-0.39, 0.29) is 17.8 Å². The van der Waals surface area contributed by atoms with Crippen LogP contribution in [0.4, 0.5) is 15.8 Å². The van der Waals surface area contributed by atoms with Gasteiger partial charge in [-0.15, -0.1) is 0 Å². The van der Waals surface area contributed by atoms with Crippen LogP contribution in [-0.4, -0.2) is 73.2 Å². The van der Waals surface area contributed by atoms with Crippen LogP contribution in [-0.2, 0) is 11.2 Å². The molecule has 8 nitrogen and oxygen atoms in total. The predicted octanol–water partition coefficient (Wildman–Crippen LogP) is 4.49. The van der Waals surface area contributed by atoms with Crippen LogP contribution >= 0.6 is 0 Å². The maximum atomic E-state index is 13.7. The third-order valence-corrected chi connectivity index (χ3v) is 7.84. The van der Waals surface area contributed by atoms with Gasteiger partial charge in [0.15, 0.2) is 0 Å². The Balaban J connectivity index is 1.25. The van der Waals surface area contributed by atoms with Gasteiger partial charge < -0.3 is 19.9 Å². The van der Waals surface area contributed by atoms with Crippen molar-refractivity contribution in [2.24, 2.45) is 0 Å². The van der Waals surface area contributed by atoms with E-state index < -0.39 is 0 Å². The summed E-state index contributed by atoms with van der Waals surface area (Å²) in [5.74, 6) is -0.462. The molecule has 4 aromatic rings. The first-order chi connectivity index (χ1) is 19.5. The Bertz CT molecular complexity index is 1490. The van der Waals surface area contributed by atoms with Gasteiger partial charge in [0.05, 0.1) is 28.7 Å². The minimum atomic E-state index is -0.239. The van der Waals surface area contributed by atoms with Gasteiger partial charge in [0.25, 0.3) is 5.91 Å². The van der Waals surface area contributed by atoms with Crippen molar-refractivity contribution in [3.63, 3.8) is 0 Å². The van der Waals surface area contributed by atoms with Gasteiger partial charge in [-0.05, 0) is 73.8 Å². The van der Waals surface area contributed by atoms with E-state index in [2.05, 4.69) is 38.8 Å². The van der Waals surface area contributed by atoms with Crippen LogP contribution in [0, 0.1) is 5.82 Å². The highest BCUT2D eigenvalue weighted by Gasteiger charge is 2.24. The number of halogens is 1. The largest absolute Gasteiger partial charge is 0.381 e. The fourth-order valence-corrected chi connectivity index (χ4v) is 5.56. The lowest BCUT2D eigenvalue weighted by Gasteiger charge is -2.36. The molecule has 0 unspecified atom stereocenters. The molecular weight excluding hydrogens is 507 g/mol. The number of piperazine rings is 1. The number of carbonyl (C=O) groups excluding carboxylic acids is 1. The highest BCUT2D eigenvalue weighted by molar-refractivity contribution is 6.07. The number of amides is 1. The molecule has 2 saturated heterocycles. The zero-order valence-corrected chi connectivity index (χ0v) is 22.8. The van der Waals surface area contributed by atoms with E-state index in [9.17, 15) is 9.18 Å². The number of ether oxygens (including phenoxy) is 1. The summed E-state index contributed by atoms with van der Waals surface area (Å²) in [6.45, 7) is 5.21. The Morgan fingerprint density at radius 1 is 1.00 bits per heavy atom. The van der Waals surface area contributed by atoms with Crippen molar-refractivity contribution in [3.8, 4) is 0 Å². The maximum Gasteiger partial charge on any atom is 0.273 e. The number of hydrogen-bond acceptors (Lipinski definition) is 6. The van der Waals surface area contributed by atoms with Crippen LogP contribution in [0.5, 0.6) is 0 Å². The quantitative estimate of drug-likeness (QED) is 0.359. The van der Waals surface area contributed by atoms with Crippen molar-refractivity contribution in [2.75, 3.05) is 62.1 Å². The fraction of sp³-hybridized carbons (Fsp3) is 0.355. The lowest BCUT2D eigenvalue weighted by atomic mass is 10.0. The molecule has 3 heterocycles. The summed E-state index contributed by atoms with van der Waals surface area (Å²) in [5.41, 5.74) is 8.26. The lowest BCUT2D eigenvalue weighted by molar-refractivity contribution is 0.0904. The summed E-state index contributed by atoms with van der Waals surface area (Å²) in [6, 6.07) is 18.8. The third-order valence-electron chi connectivity index (χ3n) is 7.84. The summed E-state index contributed by atoms with van der Waals surface area (Å²) in [6.07, 6.45) is 4.16. The highest BCUT2D eigenvalue weighted by Crippen LogP contribution is 2.33. The van der Waals surface area contributed by atoms with E-state index in [0.717, 1.165) is 85.6 Å². The molecular formula is C31H35FN6O2. The van der Waals surface area contributed by atoms with Crippen LogP contribution < -0.4 is 15.6 Å². The van der Waals surface area contributed by atoms with E-state index in [1.54, 1.807) is 18.3 Å². The zero-order valence-electron chi connectivity index (χ0n) is 22.8. The second-order valence-electron chi connectivity index (χ2n) is 10.7. The first kappa shape index (κ1) is 26.3.